The van der Waals surface area contributed by atoms with Crippen molar-refractivity contribution in [2.24, 2.45) is 4.99 Å². The first kappa shape index (κ1) is 12.6. The molecule has 0 heterocycles. The Labute approximate surface area is 114 Å². The molecule has 0 unspecified atom stereocenters. The molecule has 100 valence electrons. The summed E-state index contributed by atoms with van der Waals surface area (Å²) in [5.41, 5.74) is 2.44. The number of carbonyl (C=O) groups excluding carboxylic acids is 1. The van der Waals surface area contributed by atoms with Gasteiger partial charge >= 0.3 is 0 Å². The lowest BCUT2D eigenvalue weighted by Crippen LogP contribution is -2.23. The standard InChI is InChI=1S/C17H21NO/c19-17-11-14(13-6-2-1-3-7-13)10-16(12-17)18-15-8-4-5-9-15/h1-3,6-7,14-15H,4-5,8-12H2/t14-/m1/s1. The Hall–Kier alpha value is -1.44. The Balaban J connectivity index is 1.75. The van der Waals surface area contributed by atoms with Crippen LogP contribution in [0.1, 0.15) is 56.4 Å². The summed E-state index contributed by atoms with van der Waals surface area (Å²) in [5.74, 6) is 0.708. The maximum atomic E-state index is 12.0. The van der Waals surface area contributed by atoms with Crippen molar-refractivity contribution in [2.75, 3.05) is 0 Å². The molecule has 0 bridgehead atoms. The molecule has 0 saturated heterocycles. The Kier molecular flexibility index (Phi) is 3.77. The molecule has 1 aromatic rings. The maximum absolute atomic E-state index is 12.0. The molecule has 0 aliphatic heterocycles. The van der Waals surface area contributed by atoms with Crippen molar-refractivity contribution in [1.29, 1.82) is 0 Å². The van der Waals surface area contributed by atoms with E-state index in [-0.39, 0.29) is 0 Å². The predicted octanol–water partition coefficient (Wildman–Crippen LogP) is 3.91. The van der Waals surface area contributed by atoms with E-state index in [0.717, 1.165) is 12.1 Å². The lowest BCUT2D eigenvalue weighted by atomic mass is 9.82. The normalized spacial score (nSPS) is 27.1. The van der Waals surface area contributed by atoms with Gasteiger partial charge in [-0.1, -0.05) is 43.2 Å². The van der Waals surface area contributed by atoms with Crippen LogP contribution in [0.2, 0.25) is 0 Å². The molecular formula is C17H21NO. The minimum atomic E-state index is 0.350. The van der Waals surface area contributed by atoms with Crippen LogP contribution in [-0.2, 0) is 4.79 Å². The Morgan fingerprint density at radius 1 is 1.00 bits per heavy atom. The van der Waals surface area contributed by atoms with Crippen LogP contribution in [-0.4, -0.2) is 17.5 Å². The average Bonchev–Trinajstić information content (AvgIpc) is 2.92. The first-order chi connectivity index (χ1) is 9.31. The summed E-state index contributed by atoms with van der Waals surface area (Å²) in [5, 5.41) is 0. The smallest absolute Gasteiger partial charge is 0.139 e. The molecular weight excluding hydrogens is 234 g/mol. The number of hydrogen-bond donors (Lipinski definition) is 0. The van der Waals surface area contributed by atoms with Crippen LogP contribution in [0.5, 0.6) is 0 Å². The van der Waals surface area contributed by atoms with E-state index in [1.54, 1.807) is 0 Å². The van der Waals surface area contributed by atoms with E-state index in [1.807, 2.05) is 6.07 Å². The fourth-order valence-electron chi connectivity index (χ4n) is 3.35. The van der Waals surface area contributed by atoms with E-state index in [4.69, 9.17) is 4.99 Å². The molecule has 3 rings (SSSR count). The van der Waals surface area contributed by atoms with Crippen LogP contribution in [0.15, 0.2) is 35.3 Å². The number of carbonyl (C=O) groups is 1. The van der Waals surface area contributed by atoms with Crippen molar-refractivity contribution in [3.05, 3.63) is 35.9 Å². The van der Waals surface area contributed by atoms with Gasteiger partial charge in [-0.05, 0) is 30.7 Å². The van der Waals surface area contributed by atoms with Gasteiger partial charge in [-0.15, -0.1) is 0 Å². The molecule has 2 aliphatic carbocycles. The van der Waals surface area contributed by atoms with E-state index in [2.05, 4.69) is 24.3 Å². The summed E-state index contributed by atoms with van der Waals surface area (Å²) < 4.78 is 0. The third-order valence-corrected chi connectivity index (χ3v) is 4.32. The van der Waals surface area contributed by atoms with Crippen molar-refractivity contribution in [1.82, 2.24) is 0 Å². The highest BCUT2D eigenvalue weighted by atomic mass is 16.1. The van der Waals surface area contributed by atoms with E-state index in [9.17, 15) is 4.79 Å². The van der Waals surface area contributed by atoms with E-state index < -0.39 is 0 Å². The zero-order chi connectivity index (χ0) is 13.1. The van der Waals surface area contributed by atoms with Crippen molar-refractivity contribution in [2.45, 2.75) is 56.9 Å². The van der Waals surface area contributed by atoms with E-state index >= 15 is 0 Å². The van der Waals surface area contributed by atoms with Gasteiger partial charge in [0.05, 0.1) is 0 Å². The van der Waals surface area contributed by atoms with Gasteiger partial charge in [0.25, 0.3) is 0 Å². The van der Waals surface area contributed by atoms with Gasteiger partial charge in [0.2, 0.25) is 0 Å². The van der Waals surface area contributed by atoms with Crippen molar-refractivity contribution >= 4 is 11.5 Å². The first-order valence-electron chi connectivity index (χ1n) is 7.43. The fraction of sp³-hybridized carbons (Fsp3) is 0.529. The van der Waals surface area contributed by atoms with Gasteiger partial charge in [-0.25, -0.2) is 0 Å². The third-order valence-electron chi connectivity index (χ3n) is 4.32. The molecule has 0 radical (unpaired) electrons. The monoisotopic (exact) mass is 255 g/mol. The summed E-state index contributed by atoms with van der Waals surface area (Å²) in [6.07, 6.45) is 7.30. The largest absolute Gasteiger partial charge is 0.299 e. The van der Waals surface area contributed by atoms with Crippen LogP contribution in [0.25, 0.3) is 0 Å². The summed E-state index contributed by atoms with van der Waals surface area (Å²) in [4.78, 5) is 16.8. The lowest BCUT2D eigenvalue weighted by molar-refractivity contribution is -0.118. The van der Waals surface area contributed by atoms with Crippen LogP contribution in [0.3, 0.4) is 0 Å². The van der Waals surface area contributed by atoms with Gasteiger partial charge in [0.1, 0.15) is 5.78 Å². The second kappa shape index (κ2) is 5.68. The predicted molar refractivity (Wildman–Crippen MR) is 77.7 cm³/mol. The van der Waals surface area contributed by atoms with Gasteiger partial charge in [0.15, 0.2) is 0 Å². The molecule has 1 atom stereocenters. The molecule has 0 spiro atoms. The number of nitrogens with zero attached hydrogens (tertiary/aromatic N) is 1. The van der Waals surface area contributed by atoms with Gasteiger partial charge in [0, 0.05) is 24.6 Å². The highest BCUT2D eigenvalue weighted by Crippen LogP contribution is 2.31. The Morgan fingerprint density at radius 3 is 2.47 bits per heavy atom. The van der Waals surface area contributed by atoms with Crippen molar-refractivity contribution in [3.8, 4) is 0 Å². The second-order valence-electron chi connectivity index (χ2n) is 5.86. The molecule has 2 fully saturated rings. The highest BCUT2D eigenvalue weighted by molar-refractivity contribution is 6.05. The summed E-state index contributed by atoms with van der Waals surface area (Å²) in [7, 11) is 0. The first-order valence-corrected chi connectivity index (χ1v) is 7.43. The molecule has 0 N–H and O–H groups in total. The molecule has 2 saturated carbocycles. The highest BCUT2D eigenvalue weighted by Gasteiger charge is 2.26. The maximum Gasteiger partial charge on any atom is 0.139 e. The van der Waals surface area contributed by atoms with Crippen LogP contribution in [0.4, 0.5) is 0 Å². The number of aliphatic imine (C=N–C) groups is 1. The third kappa shape index (κ3) is 3.12. The summed E-state index contributed by atoms with van der Waals surface area (Å²) >= 11 is 0. The van der Waals surface area contributed by atoms with Crippen molar-refractivity contribution in [3.63, 3.8) is 0 Å². The molecule has 2 heteroatoms. The van der Waals surface area contributed by atoms with E-state index in [1.165, 1.54) is 31.2 Å². The zero-order valence-corrected chi connectivity index (χ0v) is 11.3. The quantitative estimate of drug-likeness (QED) is 0.788. The van der Waals surface area contributed by atoms with Crippen molar-refractivity contribution < 1.29 is 4.79 Å². The number of hydrogen-bond acceptors (Lipinski definition) is 2. The fourth-order valence-corrected chi connectivity index (χ4v) is 3.35. The average molecular weight is 255 g/mol. The number of Topliss-reactive ketones (excluding diaryl/α,β-unsaturated/α-hetero) is 1. The Bertz CT molecular complexity index is 471. The molecule has 2 aliphatic rings. The molecule has 0 amide bonds. The second-order valence-corrected chi connectivity index (χ2v) is 5.86. The lowest BCUT2D eigenvalue weighted by Gasteiger charge is -2.23. The van der Waals surface area contributed by atoms with Crippen LogP contribution >= 0.6 is 0 Å². The SMILES string of the molecule is O=C1CC(=NC2CCCC2)C[C@@H](c2ccccc2)C1. The zero-order valence-electron chi connectivity index (χ0n) is 11.3. The van der Waals surface area contributed by atoms with Crippen LogP contribution < -0.4 is 0 Å². The molecule has 19 heavy (non-hydrogen) atoms. The minimum absolute atomic E-state index is 0.350. The summed E-state index contributed by atoms with van der Waals surface area (Å²) in [6, 6.07) is 10.9. The van der Waals surface area contributed by atoms with Crippen LogP contribution in [0, 0.1) is 0 Å². The van der Waals surface area contributed by atoms with Gasteiger partial charge < -0.3 is 0 Å². The molecule has 2 nitrogen and oxygen atoms in total. The van der Waals surface area contributed by atoms with Gasteiger partial charge in [-0.3, -0.25) is 9.79 Å². The molecule has 0 aromatic heterocycles. The Morgan fingerprint density at radius 2 is 1.74 bits per heavy atom. The topological polar surface area (TPSA) is 29.4 Å². The number of rotatable bonds is 2. The van der Waals surface area contributed by atoms with E-state index in [0.29, 0.717) is 30.6 Å². The minimum Gasteiger partial charge on any atom is -0.299 e. The number of benzene rings is 1. The molecule has 1 aromatic carbocycles. The number of ketones is 1. The summed E-state index contributed by atoms with van der Waals surface area (Å²) in [6.45, 7) is 0. The van der Waals surface area contributed by atoms with Gasteiger partial charge in [-0.2, -0.15) is 0 Å².